The third-order valence-electron chi connectivity index (χ3n) is 3.81. The van der Waals surface area contributed by atoms with E-state index in [0.717, 1.165) is 12.8 Å². The number of carboxylic acids is 1. The topological polar surface area (TPSA) is 78.4 Å². The van der Waals surface area contributed by atoms with Gasteiger partial charge in [0.15, 0.2) is 0 Å². The van der Waals surface area contributed by atoms with Crippen molar-refractivity contribution in [3.63, 3.8) is 0 Å². The minimum absolute atomic E-state index is 0.279. The number of carbonyl (C=O) groups is 2. The summed E-state index contributed by atoms with van der Waals surface area (Å²) in [5, 5.41) is 14.3. The highest BCUT2D eigenvalue weighted by Crippen LogP contribution is 2.08. The number of unbranched alkanes of at least 4 members (excludes halogenated alkanes) is 7. The van der Waals surface area contributed by atoms with E-state index in [0.29, 0.717) is 6.54 Å². The first kappa shape index (κ1) is 19.7. The lowest BCUT2D eigenvalue weighted by Crippen LogP contribution is -2.45. The summed E-state index contributed by atoms with van der Waals surface area (Å²) < 4.78 is 0. The molecule has 0 aromatic rings. The molecule has 2 unspecified atom stereocenters. The van der Waals surface area contributed by atoms with Crippen LogP contribution in [0, 0.1) is 5.92 Å². The molecule has 0 aromatic heterocycles. The van der Waals surface area contributed by atoms with Crippen molar-refractivity contribution >= 4 is 12.0 Å². The Labute approximate surface area is 128 Å². The van der Waals surface area contributed by atoms with Gasteiger partial charge in [0.05, 0.1) is 5.92 Å². The van der Waals surface area contributed by atoms with Crippen LogP contribution in [-0.4, -0.2) is 29.7 Å². The minimum Gasteiger partial charge on any atom is -0.481 e. The Morgan fingerprint density at radius 1 is 0.952 bits per heavy atom. The van der Waals surface area contributed by atoms with Gasteiger partial charge in [-0.15, -0.1) is 0 Å². The van der Waals surface area contributed by atoms with Gasteiger partial charge in [0, 0.05) is 12.6 Å². The van der Waals surface area contributed by atoms with Crippen molar-refractivity contribution in [1.29, 1.82) is 0 Å². The van der Waals surface area contributed by atoms with E-state index in [1.165, 1.54) is 38.5 Å². The van der Waals surface area contributed by atoms with Crippen LogP contribution in [0.1, 0.15) is 72.1 Å². The number of aliphatic carboxylic acids is 1. The van der Waals surface area contributed by atoms with Crippen LogP contribution in [0.5, 0.6) is 0 Å². The normalized spacial score (nSPS) is 13.5. The van der Waals surface area contributed by atoms with Crippen LogP contribution in [0.4, 0.5) is 4.79 Å². The molecule has 124 valence electrons. The molecule has 0 rings (SSSR count). The third kappa shape index (κ3) is 11.1. The lowest BCUT2D eigenvalue weighted by atomic mass is 10.0. The minimum atomic E-state index is -0.897. The molecule has 3 N–H and O–H groups in total. The summed E-state index contributed by atoms with van der Waals surface area (Å²) in [5.41, 5.74) is 0. The molecule has 21 heavy (non-hydrogen) atoms. The third-order valence-corrected chi connectivity index (χ3v) is 3.81. The lowest BCUT2D eigenvalue weighted by molar-refractivity contribution is -0.141. The average molecular weight is 300 g/mol. The molecule has 5 heteroatoms. The van der Waals surface area contributed by atoms with E-state index in [1.807, 2.05) is 0 Å². The second-order valence-electron chi connectivity index (χ2n) is 5.79. The summed E-state index contributed by atoms with van der Waals surface area (Å²) >= 11 is 0. The van der Waals surface area contributed by atoms with Gasteiger partial charge in [0.2, 0.25) is 0 Å². The maximum Gasteiger partial charge on any atom is 0.315 e. The second-order valence-corrected chi connectivity index (χ2v) is 5.79. The molecule has 0 spiro atoms. The second kappa shape index (κ2) is 12.5. The Balaban J connectivity index is 3.48. The Morgan fingerprint density at radius 2 is 1.48 bits per heavy atom. The number of carboxylic acid groups (broad SMARTS) is 1. The van der Waals surface area contributed by atoms with Gasteiger partial charge in [-0.1, -0.05) is 51.9 Å². The molecule has 2 atom stereocenters. The smallest absolute Gasteiger partial charge is 0.315 e. The number of rotatable bonds is 12. The molecule has 0 fully saturated rings. The first-order valence-corrected chi connectivity index (χ1v) is 8.26. The average Bonchev–Trinajstić information content (AvgIpc) is 2.44. The number of urea groups is 1. The zero-order valence-electron chi connectivity index (χ0n) is 13.8. The van der Waals surface area contributed by atoms with Crippen molar-refractivity contribution < 1.29 is 14.7 Å². The molecule has 5 nitrogen and oxygen atoms in total. The molecule has 0 radical (unpaired) electrons. The summed E-state index contributed by atoms with van der Waals surface area (Å²) in [4.78, 5) is 22.3. The highest BCUT2D eigenvalue weighted by atomic mass is 16.4. The summed E-state index contributed by atoms with van der Waals surface area (Å²) in [7, 11) is 0. The molecule has 0 bridgehead atoms. The quantitative estimate of drug-likeness (QED) is 0.482. The van der Waals surface area contributed by atoms with Gasteiger partial charge >= 0.3 is 12.0 Å². The Morgan fingerprint density at radius 3 is 2.00 bits per heavy atom. The van der Waals surface area contributed by atoms with Crippen molar-refractivity contribution in [1.82, 2.24) is 10.6 Å². The summed E-state index contributed by atoms with van der Waals surface area (Å²) in [6, 6.07) is -0.653. The van der Waals surface area contributed by atoms with E-state index < -0.39 is 11.9 Å². The fraction of sp³-hybridized carbons (Fsp3) is 0.875. The molecule has 0 aromatic carbocycles. The van der Waals surface area contributed by atoms with Crippen molar-refractivity contribution in [2.75, 3.05) is 6.54 Å². The number of carbonyl (C=O) groups excluding carboxylic acids is 1. The zero-order valence-corrected chi connectivity index (χ0v) is 13.8. The predicted octanol–water partition coefficient (Wildman–Crippen LogP) is 3.54. The van der Waals surface area contributed by atoms with E-state index in [-0.39, 0.29) is 12.1 Å². The highest BCUT2D eigenvalue weighted by Gasteiger charge is 2.20. The lowest BCUT2D eigenvalue weighted by Gasteiger charge is -2.18. The van der Waals surface area contributed by atoms with Crippen LogP contribution < -0.4 is 10.6 Å². The molecule has 0 heterocycles. The maximum absolute atomic E-state index is 11.6. The van der Waals surface area contributed by atoms with Gasteiger partial charge in [-0.3, -0.25) is 4.79 Å². The summed E-state index contributed by atoms with van der Waals surface area (Å²) in [5.74, 6) is -1.48. The van der Waals surface area contributed by atoms with Crippen LogP contribution in [0.3, 0.4) is 0 Å². The van der Waals surface area contributed by atoms with E-state index in [9.17, 15) is 9.59 Å². The molecule has 0 aliphatic rings. The predicted molar refractivity (Wildman–Crippen MR) is 85.4 cm³/mol. The van der Waals surface area contributed by atoms with Crippen LogP contribution in [0.15, 0.2) is 0 Å². The molecular formula is C16H32N2O3. The van der Waals surface area contributed by atoms with E-state index in [1.54, 1.807) is 13.8 Å². The van der Waals surface area contributed by atoms with Gasteiger partial charge in [-0.25, -0.2) is 4.79 Å². The fourth-order valence-corrected chi connectivity index (χ4v) is 2.06. The van der Waals surface area contributed by atoms with Gasteiger partial charge in [-0.05, 0) is 20.3 Å². The Bertz CT molecular complexity index is 295. The Hall–Kier alpha value is -1.26. The number of nitrogens with one attached hydrogen (secondary N) is 2. The summed E-state index contributed by atoms with van der Waals surface area (Å²) in [6.45, 7) is 6.16. The molecule has 0 saturated heterocycles. The fourth-order valence-electron chi connectivity index (χ4n) is 2.06. The number of hydrogen-bond acceptors (Lipinski definition) is 2. The maximum atomic E-state index is 11.6. The van der Waals surface area contributed by atoms with Crippen molar-refractivity contribution in [3.05, 3.63) is 0 Å². The molecular weight excluding hydrogens is 268 g/mol. The number of hydrogen-bond donors (Lipinski definition) is 3. The van der Waals surface area contributed by atoms with E-state index in [4.69, 9.17) is 5.11 Å². The van der Waals surface area contributed by atoms with Crippen LogP contribution in [0.2, 0.25) is 0 Å². The van der Waals surface area contributed by atoms with Gasteiger partial charge < -0.3 is 15.7 Å². The van der Waals surface area contributed by atoms with Crippen LogP contribution in [0.25, 0.3) is 0 Å². The van der Waals surface area contributed by atoms with E-state index >= 15 is 0 Å². The largest absolute Gasteiger partial charge is 0.481 e. The number of amides is 2. The first-order valence-electron chi connectivity index (χ1n) is 8.26. The van der Waals surface area contributed by atoms with Crippen molar-refractivity contribution in [2.45, 2.75) is 78.2 Å². The standard InChI is InChI=1S/C16H32N2O3/c1-4-5-6-7-8-9-10-11-12-17-16(21)18-14(3)13(2)15(19)20/h13-14H,4-12H2,1-3H3,(H,19,20)(H2,17,18,21). The summed E-state index contributed by atoms with van der Waals surface area (Å²) in [6.07, 6.45) is 9.85. The molecule has 0 saturated carbocycles. The van der Waals surface area contributed by atoms with Crippen molar-refractivity contribution in [3.8, 4) is 0 Å². The van der Waals surface area contributed by atoms with Gasteiger partial charge in [0.25, 0.3) is 0 Å². The molecule has 0 aliphatic heterocycles. The van der Waals surface area contributed by atoms with Gasteiger partial charge in [-0.2, -0.15) is 0 Å². The monoisotopic (exact) mass is 300 g/mol. The van der Waals surface area contributed by atoms with Crippen molar-refractivity contribution in [2.24, 2.45) is 5.92 Å². The first-order chi connectivity index (χ1) is 9.99. The van der Waals surface area contributed by atoms with Crippen LogP contribution in [-0.2, 0) is 4.79 Å². The zero-order chi connectivity index (χ0) is 16.1. The SMILES string of the molecule is CCCCCCCCCCNC(=O)NC(C)C(C)C(=O)O. The highest BCUT2D eigenvalue weighted by molar-refractivity contribution is 5.76. The van der Waals surface area contributed by atoms with Crippen LogP contribution >= 0.6 is 0 Å². The Kier molecular flexibility index (Phi) is 11.7. The molecule has 0 aliphatic carbocycles. The van der Waals surface area contributed by atoms with Gasteiger partial charge in [0.1, 0.15) is 0 Å². The molecule has 2 amide bonds. The van der Waals surface area contributed by atoms with E-state index in [2.05, 4.69) is 17.6 Å².